The van der Waals surface area contributed by atoms with E-state index in [1.54, 1.807) is 18.3 Å². The monoisotopic (exact) mass is 463 g/mol. The average molecular weight is 464 g/mol. The molecule has 0 bridgehead atoms. The molecule has 4 heterocycles. The molecule has 174 valence electrons. The van der Waals surface area contributed by atoms with Gasteiger partial charge < -0.3 is 0 Å². The molecule has 35 heavy (non-hydrogen) atoms. The smallest absolute Gasteiger partial charge is 0.123 e. The molecule has 0 amide bonds. The maximum atomic E-state index is 13.2. The summed E-state index contributed by atoms with van der Waals surface area (Å²) in [5.74, 6) is -0.253. The summed E-state index contributed by atoms with van der Waals surface area (Å²) in [6.07, 6.45) is 11.5. The molecule has 1 saturated heterocycles. The molecule has 0 N–H and O–H groups in total. The first-order valence-electron chi connectivity index (χ1n) is 12.1. The summed E-state index contributed by atoms with van der Waals surface area (Å²) in [5, 5.41) is 5.68. The molecule has 6 rings (SSSR count). The van der Waals surface area contributed by atoms with Gasteiger partial charge in [0.2, 0.25) is 0 Å². The van der Waals surface area contributed by atoms with E-state index in [0.29, 0.717) is 0 Å². The van der Waals surface area contributed by atoms with Gasteiger partial charge in [0.25, 0.3) is 0 Å². The number of piperidine rings is 1. The quantitative estimate of drug-likeness (QED) is 0.308. The zero-order valence-electron chi connectivity index (χ0n) is 19.4. The van der Waals surface area contributed by atoms with Crippen LogP contribution in [-0.2, 0) is 6.54 Å². The van der Waals surface area contributed by atoms with Crippen molar-refractivity contribution in [2.75, 3.05) is 13.1 Å². The van der Waals surface area contributed by atoms with Gasteiger partial charge in [-0.05, 0) is 91.7 Å². The van der Waals surface area contributed by atoms with Crippen LogP contribution in [0.5, 0.6) is 0 Å². The average Bonchev–Trinajstić information content (AvgIpc) is 3.33. The predicted octanol–water partition coefficient (Wildman–Crippen LogP) is 6.27. The van der Waals surface area contributed by atoms with Crippen molar-refractivity contribution in [1.82, 2.24) is 24.6 Å². The first-order valence-corrected chi connectivity index (χ1v) is 12.1. The summed E-state index contributed by atoms with van der Waals surface area (Å²) in [6.45, 7) is 3.31. The minimum Gasteiger partial charge on any atom is -0.299 e. The van der Waals surface area contributed by atoms with Crippen LogP contribution in [-0.4, -0.2) is 37.7 Å². The lowest BCUT2D eigenvalue weighted by Crippen LogP contribution is -2.29. The van der Waals surface area contributed by atoms with Crippen LogP contribution in [0.25, 0.3) is 39.0 Å². The van der Waals surface area contributed by atoms with Crippen molar-refractivity contribution in [3.05, 3.63) is 96.8 Å². The van der Waals surface area contributed by atoms with Crippen molar-refractivity contribution in [1.29, 1.82) is 0 Å². The molecule has 1 fully saturated rings. The Morgan fingerprint density at radius 2 is 1.57 bits per heavy atom. The van der Waals surface area contributed by atoms with Crippen LogP contribution in [0.3, 0.4) is 0 Å². The van der Waals surface area contributed by atoms with E-state index in [1.165, 1.54) is 50.0 Å². The lowest BCUT2D eigenvalue weighted by molar-refractivity contribution is 0.220. The van der Waals surface area contributed by atoms with Crippen molar-refractivity contribution >= 4 is 10.9 Å². The van der Waals surface area contributed by atoms with Crippen molar-refractivity contribution in [2.24, 2.45) is 0 Å². The molecule has 1 aliphatic rings. The third kappa shape index (κ3) is 4.57. The van der Waals surface area contributed by atoms with E-state index in [9.17, 15) is 4.39 Å². The van der Waals surface area contributed by atoms with E-state index in [1.807, 2.05) is 35.4 Å². The summed E-state index contributed by atoms with van der Waals surface area (Å²) < 4.78 is 15.1. The lowest BCUT2D eigenvalue weighted by Gasteiger charge is -2.26. The summed E-state index contributed by atoms with van der Waals surface area (Å²) >= 11 is 0. The van der Waals surface area contributed by atoms with Gasteiger partial charge in [-0.2, -0.15) is 5.10 Å². The summed E-state index contributed by atoms with van der Waals surface area (Å²) in [7, 11) is 0. The van der Waals surface area contributed by atoms with Gasteiger partial charge in [0, 0.05) is 35.5 Å². The largest absolute Gasteiger partial charge is 0.299 e. The maximum Gasteiger partial charge on any atom is 0.123 e. The maximum absolute atomic E-state index is 13.2. The Hall–Kier alpha value is -3.90. The number of benzene rings is 2. The molecule has 5 nitrogen and oxygen atoms in total. The molecule has 2 aromatic carbocycles. The molecular formula is C29H26FN5. The molecule has 0 aliphatic carbocycles. The van der Waals surface area contributed by atoms with Crippen LogP contribution in [0.1, 0.15) is 24.8 Å². The number of hydrogen-bond acceptors (Lipinski definition) is 4. The SMILES string of the molecule is Fc1ccc(-c2ccc(-n3ncc4cc(-c5cncc(CN6CCCCC6)c5)ccc43)cn2)cc1. The highest BCUT2D eigenvalue weighted by Crippen LogP contribution is 2.27. The standard InChI is InChI=1S/C29H26FN5/c30-26-7-4-22(5-8-26)28-10-9-27(19-32-28)35-29-11-6-23(15-25(29)18-33-35)24-14-21(16-31-17-24)20-34-12-2-1-3-13-34/h4-11,14-19H,1-3,12-13,20H2. The Bertz CT molecular complexity index is 1450. The molecule has 1 aliphatic heterocycles. The highest BCUT2D eigenvalue weighted by molar-refractivity contribution is 5.85. The van der Waals surface area contributed by atoms with Crippen LogP contribution in [0.2, 0.25) is 0 Å². The Morgan fingerprint density at radius 3 is 2.37 bits per heavy atom. The number of rotatable bonds is 5. The molecule has 0 radical (unpaired) electrons. The minimum atomic E-state index is -0.253. The fourth-order valence-corrected chi connectivity index (χ4v) is 4.83. The van der Waals surface area contributed by atoms with Crippen LogP contribution < -0.4 is 0 Å². The number of nitrogens with zero attached hydrogens (tertiary/aromatic N) is 5. The number of fused-ring (bicyclic) bond motifs is 1. The third-order valence-electron chi connectivity index (χ3n) is 6.68. The van der Waals surface area contributed by atoms with Crippen molar-refractivity contribution in [3.63, 3.8) is 0 Å². The van der Waals surface area contributed by atoms with E-state index in [2.05, 4.69) is 44.2 Å². The van der Waals surface area contributed by atoms with Gasteiger partial charge in [0.05, 0.1) is 29.3 Å². The van der Waals surface area contributed by atoms with Crippen molar-refractivity contribution in [3.8, 4) is 28.1 Å². The van der Waals surface area contributed by atoms with Gasteiger partial charge in [0.15, 0.2) is 0 Å². The van der Waals surface area contributed by atoms with Crippen LogP contribution >= 0.6 is 0 Å². The van der Waals surface area contributed by atoms with Gasteiger partial charge in [-0.3, -0.25) is 14.9 Å². The number of aromatic nitrogens is 4. The molecular weight excluding hydrogens is 437 g/mol. The second-order valence-corrected chi connectivity index (χ2v) is 9.16. The van der Waals surface area contributed by atoms with E-state index >= 15 is 0 Å². The molecule has 0 atom stereocenters. The highest BCUT2D eigenvalue weighted by Gasteiger charge is 2.12. The number of pyridine rings is 2. The van der Waals surface area contributed by atoms with Gasteiger partial charge in [-0.1, -0.05) is 12.5 Å². The van der Waals surface area contributed by atoms with Gasteiger partial charge >= 0.3 is 0 Å². The van der Waals surface area contributed by atoms with E-state index in [4.69, 9.17) is 0 Å². The van der Waals surface area contributed by atoms with Crippen LogP contribution in [0, 0.1) is 5.82 Å². The zero-order valence-corrected chi connectivity index (χ0v) is 19.4. The molecule has 0 unspecified atom stereocenters. The first-order chi connectivity index (χ1) is 17.2. The molecule has 0 spiro atoms. The predicted molar refractivity (Wildman–Crippen MR) is 137 cm³/mol. The molecule has 6 heteroatoms. The Kier molecular flexibility index (Phi) is 5.80. The molecule has 3 aromatic heterocycles. The Morgan fingerprint density at radius 1 is 0.743 bits per heavy atom. The van der Waals surface area contributed by atoms with Crippen LogP contribution in [0.4, 0.5) is 4.39 Å². The number of likely N-dealkylation sites (tertiary alicyclic amines) is 1. The van der Waals surface area contributed by atoms with E-state index in [-0.39, 0.29) is 5.82 Å². The van der Waals surface area contributed by atoms with Gasteiger partial charge in [-0.15, -0.1) is 0 Å². The molecule has 0 saturated carbocycles. The minimum absolute atomic E-state index is 0.253. The number of hydrogen-bond donors (Lipinski definition) is 0. The topological polar surface area (TPSA) is 46.8 Å². The van der Waals surface area contributed by atoms with Crippen LogP contribution in [0.15, 0.2) is 85.5 Å². The van der Waals surface area contributed by atoms with E-state index < -0.39 is 0 Å². The van der Waals surface area contributed by atoms with Gasteiger partial charge in [-0.25, -0.2) is 9.07 Å². The van der Waals surface area contributed by atoms with E-state index in [0.717, 1.165) is 45.5 Å². The summed E-state index contributed by atoms with van der Waals surface area (Å²) in [6, 6.07) is 18.9. The Labute approximate surface area is 203 Å². The molecule has 5 aromatic rings. The zero-order chi connectivity index (χ0) is 23.6. The van der Waals surface area contributed by atoms with Crippen molar-refractivity contribution < 1.29 is 4.39 Å². The normalized spacial score (nSPS) is 14.4. The third-order valence-corrected chi connectivity index (χ3v) is 6.68. The first kappa shape index (κ1) is 21.6. The highest BCUT2D eigenvalue weighted by atomic mass is 19.1. The van der Waals surface area contributed by atoms with Gasteiger partial charge in [0.1, 0.15) is 5.82 Å². The lowest BCUT2D eigenvalue weighted by atomic mass is 10.0. The van der Waals surface area contributed by atoms with Crippen molar-refractivity contribution in [2.45, 2.75) is 25.8 Å². The summed E-state index contributed by atoms with van der Waals surface area (Å²) in [5.41, 5.74) is 7.08. The second kappa shape index (κ2) is 9.39. The summed E-state index contributed by atoms with van der Waals surface area (Å²) in [4.78, 5) is 11.6. The fraction of sp³-hybridized carbons (Fsp3) is 0.207. The number of halogens is 1. The fourth-order valence-electron chi connectivity index (χ4n) is 4.83. The second-order valence-electron chi connectivity index (χ2n) is 9.16. The Balaban J connectivity index is 1.25.